The summed E-state index contributed by atoms with van der Waals surface area (Å²) in [6.45, 7) is -0.00499. The molecule has 132 valence electrons. The fourth-order valence-electron chi connectivity index (χ4n) is 2.52. The summed E-state index contributed by atoms with van der Waals surface area (Å²) < 4.78 is 38.9. The molecule has 1 unspecified atom stereocenters. The van der Waals surface area contributed by atoms with Crippen molar-refractivity contribution in [3.8, 4) is 0 Å². The molecule has 1 N–H and O–H groups in total. The number of anilines is 2. The average Bonchev–Trinajstić information content (AvgIpc) is 3.16. The first kappa shape index (κ1) is 17.7. The van der Waals surface area contributed by atoms with Gasteiger partial charge in [0, 0.05) is 30.2 Å². The van der Waals surface area contributed by atoms with Crippen LogP contribution in [0.1, 0.15) is 12.0 Å². The summed E-state index contributed by atoms with van der Waals surface area (Å²) in [4.78, 5) is 29.4. The SMILES string of the molecule is O=C(Nc1nccs1)C1CC(=O)N(c2ccc(Cl)c(C(F)(F)F)c2)C1. The second kappa shape index (κ2) is 6.64. The Bertz CT molecular complexity index is 811. The summed E-state index contributed by atoms with van der Waals surface area (Å²) in [5, 5.41) is 4.24. The van der Waals surface area contributed by atoms with E-state index >= 15 is 0 Å². The van der Waals surface area contributed by atoms with Gasteiger partial charge in [-0.1, -0.05) is 11.6 Å². The smallest absolute Gasteiger partial charge is 0.312 e. The quantitative estimate of drug-likeness (QED) is 0.868. The van der Waals surface area contributed by atoms with Crippen LogP contribution in [0.15, 0.2) is 29.8 Å². The molecule has 1 saturated heterocycles. The van der Waals surface area contributed by atoms with E-state index < -0.39 is 34.5 Å². The zero-order valence-corrected chi connectivity index (χ0v) is 14.1. The first-order chi connectivity index (χ1) is 11.8. The molecule has 0 aliphatic carbocycles. The van der Waals surface area contributed by atoms with E-state index in [9.17, 15) is 22.8 Å². The molecule has 0 bridgehead atoms. The molecule has 5 nitrogen and oxygen atoms in total. The Balaban J connectivity index is 1.78. The number of carbonyl (C=O) groups is 2. The van der Waals surface area contributed by atoms with Gasteiger partial charge in [-0.25, -0.2) is 4.98 Å². The highest BCUT2D eigenvalue weighted by atomic mass is 35.5. The monoisotopic (exact) mass is 389 g/mol. The van der Waals surface area contributed by atoms with Crippen LogP contribution in [-0.4, -0.2) is 23.3 Å². The fourth-order valence-corrected chi connectivity index (χ4v) is 3.28. The Morgan fingerprint density at radius 1 is 1.40 bits per heavy atom. The van der Waals surface area contributed by atoms with Crippen LogP contribution in [0.2, 0.25) is 5.02 Å². The van der Waals surface area contributed by atoms with Crippen LogP contribution in [0.4, 0.5) is 24.0 Å². The molecule has 3 rings (SSSR count). The average molecular weight is 390 g/mol. The van der Waals surface area contributed by atoms with Gasteiger partial charge in [-0.15, -0.1) is 11.3 Å². The molecule has 1 aliphatic rings. The van der Waals surface area contributed by atoms with E-state index in [0.29, 0.717) is 5.13 Å². The summed E-state index contributed by atoms with van der Waals surface area (Å²) in [5.74, 6) is -1.48. The second-order valence-corrected chi connectivity index (χ2v) is 6.70. The predicted octanol–water partition coefficient (Wildman–Crippen LogP) is 3.81. The number of benzene rings is 1. The van der Waals surface area contributed by atoms with E-state index in [0.717, 1.165) is 17.0 Å². The molecular weight excluding hydrogens is 379 g/mol. The number of nitrogens with one attached hydrogen (secondary N) is 1. The van der Waals surface area contributed by atoms with E-state index in [1.54, 1.807) is 5.38 Å². The highest BCUT2D eigenvalue weighted by Gasteiger charge is 2.38. The lowest BCUT2D eigenvalue weighted by Crippen LogP contribution is -2.28. The predicted molar refractivity (Wildman–Crippen MR) is 87.7 cm³/mol. The van der Waals surface area contributed by atoms with Gasteiger partial charge in [-0.3, -0.25) is 9.59 Å². The van der Waals surface area contributed by atoms with E-state index in [2.05, 4.69) is 10.3 Å². The summed E-state index contributed by atoms with van der Waals surface area (Å²) >= 11 is 6.82. The Morgan fingerprint density at radius 2 is 2.16 bits per heavy atom. The Kier molecular flexibility index (Phi) is 4.70. The van der Waals surface area contributed by atoms with Gasteiger partial charge in [0.25, 0.3) is 0 Å². The number of alkyl halides is 3. The number of nitrogens with zero attached hydrogens (tertiary/aromatic N) is 2. The minimum absolute atomic E-state index is 0.00499. The van der Waals surface area contributed by atoms with E-state index in [1.165, 1.54) is 23.6 Å². The highest BCUT2D eigenvalue weighted by Crippen LogP contribution is 2.38. The van der Waals surface area contributed by atoms with Gasteiger partial charge in [-0.2, -0.15) is 13.2 Å². The van der Waals surface area contributed by atoms with Gasteiger partial charge >= 0.3 is 6.18 Å². The topological polar surface area (TPSA) is 62.3 Å². The lowest BCUT2D eigenvalue weighted by atomic mass is 10.1. The summed E-state index contributed by atoms with van der Waals surface area (Å²) in [7, 11) is 0. The molecule has 0 radical (unpaired) electrons. The minimum Gasteiger partial charge on any atom is -0.312 e. The molecule has 1 aromatic carbocycles. The first-order valence-corrected chi connectivity index (χ1v) is 8.39. The van der Waals surface area contributed by atoms with Crippen LogP contribution in [0.5, 0.6) is 0 Å². The van der Waals surface area contributed by atoms with E-state index in [-0.39, 0.29) is 18.7 Å². The molecule has 1 atom stereocenters. The Labute approximate surface area is 149 Å². The van der Waals surface area contributed by atoms with Crippen molar-refractivity contribution in [2.24, 2.45) is 5.92 Å². The number of hydrogen-bond acceptors (Lipinski definition) is 4. The summed E-state index contributed by atoms with van der Waals surface area (Å²) in [6, 6.07) is 3.24. The number of thiazole rings is 1. The lowest BCUT2D eigenvalue weighted by Gasteiger charge is -2.19. The van der Waals surface area contributed by atoms with Crippen molar-refractivity contribution >= 4 is 45.6 Å². The van der Waals surface area contributed by atoms with Crippen LogP contribution in [0.25, 0.3) is 0 Å². The zero-order valence-electron chi connectivity index (χ0n) is 12.5. The Hall–Kier alpha value is -2.13. The molecule has 2 aromatic rings. The number of aromatic nitrogens is 1. The fraction of sp³-hybridized carbons (Fsp3) is 0.267. The molecule has 1 fully saturated rings. The third kappa shape index (κ3) is 3.77. The summed E-state index contributed by atoms with van der Waals surface area (Å²) in [6.07, 6.45) is -3.18. The lowest BCUT2D eigenvalue weighted by molar-refractivity contribution is -0.137. The minimum atomic E-state index is -4.63. The van der Waals surface area contributed by atoms with Gasteiger partial charge in [0.15, 0.2) is 5.13 Å². The number of amides is 2. The number of hydrogen-bond donors (Lipinski definition) is 1. The van der Waals surface area contributed by atoms with Crippen molar-refractivity contribution in [3.05, 3.63) is 40.4 Å². The number of rotatable bonds is 3. The first-order valence-electron chi connectivity index (χ1n) is 7.13. The van der Waals surface area contributed by atoms with Crippen LogP contribution < -0.4 is 10.2 Å². The molecular formula is C15H11ClF3N3O2S. The Morgan fingerprint density at radius 3 is 2.80 bits per heavy atom. The van der Waals surface area contributed by atoms with Crippen LogP contribution in [-0.2, 0) is 15.8 Å². The van der Waals surface area contributed by atoms with Gasteiger partial charge in [0.2, 0.25) is 11.8 Å². The third-order valence-corrected chi connectivity index (χ3v) is 4.74. The maximum absolute atomic E-state index is 13.0. The molecule has 2 amide bonds. The van der Waals surface area contributed by atoms with Crippen LogP contribution in [0, 0.1) is 5.92 Å². The van der Waals surface area contributed by atoms with Gasteiger partial charge in [0.1, 0.15) is 0 Å². The molecule has 10 heteroatoms. The second-order valence-electron chi connectivity index (χ2n) is 5.39. The third-order valence-electron chi connectivity index (χ3n) is 3.73. The normalized spacial score (nSPS) is 17.8. The van der Waals surface area contributed by atoms with Crippen LogP contribution >= 0.6 is 22.9 Å². The van der Waals surface area contributed by atoms with Crippen molar-refractivity contribution in [2.45, 2.75) is 12.6 Å². The number of halogens is 4. The van der Waals surface area contributed by atoms with Crippen molar-refractivity contribution < 1.29 is 22.8 Å². The van der Waals surface area contributed by atoms with Crippen molar-refractivity contribution in [1.82, 2.24) is 4.98 Å². The van der Waals surface area contributed by atoms with E-state index in [1.807, 2.05) is 0 Å². The van der Waals surface area contributed by atoms with Gasteiger partial charge in [-0.05, 0) is 18.2 Å². The van der Waals surface area contributed by atoms with Gasteiger partial charge < -0.3 is 10.2 Å². The molecule has 2 heterocycles. The van der Waals surface area contributed by atoms with Crippen molar-refractivity contribution in [1.29, 1.82) is 0 Å². The highest BCUT2D eigenvalue weighted by molar-refractivity contribution is 7.13. The molecule has 0 spiro atoms. The summed E-state index contributed by atoms with van der Waals surface area (Å²) in [5.41, 5.74) is -0.957. The van der Waals surface area contributed by atoms with Crippen LogP contribution in [0.3, 0.4) is 0 Å². The van der Waals surface area contributed by atoms with Crippen molar-refractivity contribution in [3.63, 3.8) is 0 Å². The van der Waals surface area contributed by atoms with Crippen molar-refractivity contribution in [2.75, 3.05) is 16.8 Å². The largest absolute Gasteiger partial charge is 0.417 e. The maximum atomic E-state index is 13.0. The maximum Gasteiger partial charge on any atom is 0.417 e. The molecule has 25 heavy (non-hydrogen) atoms. The number of carbonyl (C=O) groups excluding carboxylic acids is 2. The molecule has 1 aliphatic heterocycles. The van der Waals surface area contributed by atoms with Gasteiger partial charge in [0.05, 0.1) is 16.5 Å². The molecule has 1 aromatic heterocycles. The standard InChI is InChI=1S/C15H11ClF3N3O2S/c16-11-2-1-9(6-10(11)15(17,18)19)22-7-8(5-12(22)23)13(24)21-14-20-3-4-25-14/h1-4,6,8H,5,7H2,(H,20,21,24). The molecule has 0 saturated carbocycles. The zero-order chi connectivity index (χ0) is 18.2. The van der Waals surface area contributed by atoms with E-state index in [4.69, 9.17) is 11.6 Å².